The van der Waals surface area contributed by atoms with E-state index < -0.39 is 0 Å². The fraction of sp³-hybridized carbons (Fsp3) is 0.143. The van der Waals surface area contributed by atoms with E-state index in [0.29, 0.717) is 18.2 Å². The van der Waals surface area contributed by atoms with Gasteiger partial charge in [-0.15, -0.1) is 0 Å². The minimum absolute atomic E-state index is 0.244. The molecule has 0 atom stereocenters. The lowest BCUT2D eigenvalue weighted by Gasteiger charge is -2.10. The molecule has 2 nitrogen and oxygen atoms in total. The summed E-state index contributed by atoms with van der Waals surface area (Å²) in [6, 6.07) is 11.6. The second-order valence-corrected chi connectivity index (χ2v) is 5.15. The average molecular weight is 345 g/mol. The molecule has 2 rings (SSSR count). The smallest absolute Gasteiger partial charge is 0.133 e. The van der Waals surface area contributed by atoms with Gasteiger partial charge in [0.1, 0.15) is 18.2 Å². The van der Waals surface area contributed by atoms with Gasteiger partial charge in [-0.1, -0.05) is 11.6 Å². The molecule has 100 valence electrons. The molecule has 0 radical (unpaired) electrons. The Morgan fingerprint density at radius 1 is 1.16 bits per heavy atom. The quantitative estimate of drug-likeness (QED) is 0.792. The van der Waals surface area contributed by atoms with E-state index in [9.17, 15) is 4.39 Å². The van der Waals surface area contributed by atoms with Crippen LogP contribution in [-0.2, 0) is 0 Å². The Labute approximate surface area is 124 Å². The van der Waals surface area contributed by atoms with Crippen molar-refractivity contribution in [2.75, 3.05) is 18.5 Å². The Bertz CT molecular complexity index is 548. The molecule has 0 aliphatic rings. The minimum atomic E-state index is -0.244. The third-order valence-corrected chi connectivity index (χ3v) is 3.28. The maximum absolute atomic E-state index is 12.7. The number of hydrogen-bond donors (Lipinski definition) is 1. The first-order chi connectivity index (χ1) is 9.15. The molecule has 0 amide bonds. The van der Waals surface area contributed by atoms with Crippen LogP contribution >= 0.6 is 27.5 Å². The number of benzene rings is 2. The molecule has 0 fully saturated rings. The van der Waals surface area contributed by atoms with Gasteiger partial charge in [-0.3, -0.25) is 0 Å². The van der Waals surface area contributed by atoms with Crippen LogP contribution in [0.4, 0.5) is 10.1 Å². The molecule has 0 aliphatic heterocycles. The maximum atomic E-state index is 12.7. The molecule has 19 heavy (non-hydrogen) atoms. The lowest BCUT2D eigenvalue weighted by atomic mass is 10.3. The van der Waals surface area contributed by atoms with Crippen molar-refractivity contribution in [2.24, 2.45) is 0 Å². The predicted octanol–water partition coefficient (Wildman–Crippen LogP) is 4.73. The van der Waals surface area contributed by atoms with Gasteiger partial charge in [0.25, 0.3) is 0 Å². The van der Waals surface area contributed by atoms with E-state index in [1.807, 2.05) is 6.07 Å². The Hall–Kier alpha value is -1.26. The zero-order valence-corrected chi connectivity index (χ0v) is 12.3. The number of halogens is 3. The van der Waals surface area contributed by atoms with E-state index in [2.05, 4.69) is 21.2 Å². The van der Waals surface area contributed by atoms with Crippen molar-refractivity contribution < 1.29 is 9.13 Å². The molecule has 0 aromatic heterocycles. The highest BCUT2D eigenvalue weighted by atomic mass is 79.9. The Kier molecular flexibility index (Phi) is 5.05. The average Bonchev–Trinajstić information content (AvgIpc) is 2.39. The molecule has 2 aromatic carbocycles. The molecule has 0 bridgehead atoms. The summed E-state index contributed by atoms with van der Waals surface area (Å²) in [5, 5.41) is 3.80. The molecule has 0 heterocycles. The fourth-order valence-electron chi connectivity index (χ4n) is 1.52. The van der Waals surface area contributed by atoms with E-state index in [0.717, 1.165) is 15.9 Å². The maximum Gasteiger partial charge on any atom is 0.133 e. The molecular formula is C14H12BrClFNO. The summed E-state index contributed by atoms with van der Waals surface area (Å²) in [6.45, 7) is 1.12. The van der Waals surface area contributed by atoms with E-state index in [-0.39, 0.29) is 5.82 Å². The monoisotopic (exact) mass is 343 g/mol. The number of anilines is 1. The van der Waals surface area contributed by atoms with Crippen LogP contribution in [0.2, 0.25) is 5.02 Å². The van der Waals surface area contributed by atoms with Crippen molar-refractivity contribution in [3.63, 3.8) is 0 Å². The summed E-state index contributed by atoms with van der Waals surface area (Å²) in [4.78, 5) is 0. The molecule has 0 aliphatic carbocycles. The Balaban J connectivity index is 1.79. The zero-order valence-electron chi connectivity index (χ0n) is 10.00. The predicted molar refractivity (Wildman–Crippen MR) is 79.5 cm³/mol. The van der Waals surface area contributed by atoms with Gasteiger partial charge in [-0.2, -0.15) is 0 Å². The normalized spacial score (nSPS) is 10.3. The summed E-state index contributed by atoms with van der Waals surface area (Å²) >= 11 is 9.22. The number of rotatable bonds is 5. The van der Waals surface area contributed by atoms with Gasteiger partial charge in [0.2, 0.25) is 0 Å². The first kappa shape index (κ1) is 14.2. The number of nitrogens with one attached hydrogen (secondary N) is 1. The fourth-order valence-corrected chi connectivity index (χ4v) is 2.31. The molecule has 1 N–H and O–H groups in total. The largest absolute Gasteiger partial charge is 0.491 e. The summed E-state index contributed by atoms with van der Waals surface area (Å²) in [5.74, 6) is 0.497. The Morgan fingerprint density at radius 3 is 2.58 bits per heavy atom. The van der Waals surface area contributed by atoms with Crippen molar-refractivity contribution in [1.82, 2.24) is 0 Å². The molecule has 2 aromatic rings. The molecule has 0 saturated heterocycles. The van der Waals surface area contributed by atoms with Crippen LogP contribution in [0.3, 0.4) is 0 Å². The standard InChI is InChI=1S/C14H12BrClFNO/c15-13-9-10(16)1-6-14(13)19-8-7-18-12-4-2-11(17)3-5-12/h1-6,9,18H,7-8H2. The van der Waals surface area contributed by atoms with Crippen LogP contribution in [0.1, 0.15) is 0 Å². The van der Waals surface area contributed by atoms with E-state index >= 15 is 0 Å². The van der Waals surface area contributed by atoms with Crippen LogP contribution in [0.5, 0.6) is 5.75 Å². The van der Waals surface area contributed by atoms with E-state index in [4.69, 9.17) is 16.3 Å². The van der Waals surface area contributed by atoms with Gasteiger partial charge in [0.15, 0.2) is 0 Å². The summed E-state index contributed by atoms with van der Waals surface area (Å²) in [5.41, 5.74) is 0.861. The van der Waals surface area contributed by atoms with Crippen molar-refractivity contribution in [3.05, 3.63) is 57.8 Å². The van der Waals surface area contributed by atoms with Crippen LogP contribution in [0, 0.1) is 5.82 Å². The van der Waals surface area contributed by atoms with Crippen LogP contribution in [0.25, 0.3) is 0 Å². The Morgan fingerprint density at radius 2 is 1.89 bits per heavy atom. The highest BCUT2D eigenvalue weighted by molar-refractivity contribution is 9.10. The lowest BCUT2D eigenvalue weighted by molar-refractivity contribution is 0.331. The first-order valence-corrected chi connectivity index (χ1v) is 6.89. The van der Waals surface area contributed by atoms with Gasteiger partial charge in [0, 0.05) is 17.3 Å². The summed E-state index contributed by atoms with van der Waals surface area (Å²) in [6.07, 6.45) is 0. The third-order valence-electron chi connectivity index (χ3n) is 2.43. The second-order valence-electron chi connectivity index (χ2n) is 3.86. The highest BCUT2D eigenvalue weighted by Gasteiger charge is 2.01. The molecule has 0 spiro atoms. The van der Waals surface area contributed by atoms with Crippen molar-refractivity contribution in [3.8, 4) is 5.75 Å². The van der Waals surface area contributed by atoms with E-state index in [1.165, 1.54) is 12.1 Å². The molecular weight excluding hydrogens is 333 g/mol. The number of ether oxygens (including phenoxy) is 1. The zero-order chi connectivity index (χ0) is 13.7. The van der Waals surface area contributed by atoms with Gasteiger partial charge >= 0.3 is 0 Å². The third kappa shape index (κ3) is 4.40. The minimum Gasteiger partial charge on any atom is -0.491 e. The SMILES string of the molecule is Fc1ccc(NCCOc2ccc(Cl)cc2Br)cc1. The van der Waals surface area contributed by atoms with Gasteiger partial charge < -0.3 is 10.1 Å². The summed E-state index contributed by atoms with van der Waals surface area (Å²) < 4.78 is 19.1. The van der Waals surface area contributed by atoms with Crippen molar-refractivity contribution in [2.45, 2.75) is 0 Å². The van der Waals surface area contributed by atoms with Crippen LogP contribution in [-0.4, -0.2) is 13.2 Å². The number of hydrogen-bond acceptors (Lipinski definition) is 2. The topological polar surface area (TPSA) is 21.3 Å². The van der Waals surface area contributed by atoms with E-state index in [1.54, 1.807) is 24.3 Å². The van der Waals surface area contributed by atoms with Crippen molar-refractivity contribution >= 4 is 33.2 Å². The second kappa shape index (κ2) is 6.78. The van der Waals surface area contributed by atoms with Gasteiger partial charge in [0.05, 0.1) is 4.47 Å². The van der Waals surface area contributed by atoms with Crippen molar-refractivity contribution in [1.29, 1.82) is 0 Å². The van der Waals surface area contributed by atoms with Gasteiger partial charge in [-0.25, -0.2) is 4.39 Å². The van der Waals surface area contributed by atoms with Crippen LogP contribution in [0.15, 0.2) is 46.9 Å². The van der Waals surface area contributed by atoms with Gasteiger partial charge in [-0.05, 0) is 58.4 Å². The molecule has 0 unspecified atom stereocenters. The first-order valence-electron chi connectivity index (χ1n) is 5.72. The lowest BCUT2D eigenvalue weighted by Crippen LogP contribution is -2.11. The molecule has 0 saturated carbocycles. The van der Waals surface area contributed by atoms with Crippen LogP contribution < -0.4 is 10.1 Å². The summed E-state index contributed by atoms with van der Waals surface area (Å²) in [7, 11) is 0. The highest BCUT2D eigenvalue weighted by Crippen LogP contribution is 2.27. The molecule has 5 heteroatoms.